The van der Waals surface area contributed by atoms with E-state index < -0.39 is 17.7 Å². The van der Waals surface area contributed by atoms with Gasteiger partial charge in [-0.05, 0) is 57.6 Å². The topological polar surface area (TPSA) is 71.5 Å². The molecule has 9 heteroatoms. The van der Waals surface area contributed by atoms with E-state index in [0.717, 1.165) is 31.7 Å². The zero-order valence-electron chi connectivity index (χ0n) is 16.0. The minimum Gasteiger partial charge on any atom is -0.404 e. The summed E-state index contributed by atoms with van der Waals surface area (Å²) in [5.74, 6) is -0.647. The predicted octanol–water partition coefficient (Wildman–Crippen LogP) is 4.85. The van der Waals surface area contributed by atoms with Gasteiger partial charge in [0.25, 0.3) is 5.91 Å². The lowest BCUT2D eigenvalue weighted by Gasteiger charge is -2.36. The van der Waals surface area contributed by atoms with E-state index in [4.69, 9.17) is 11.6 Å². The number of rotatable bonds is 4. The molecule has 158 valence electrons. The summed E-state index contributed by atoms with van der Waals surface area (Å²) in [6.45, 7) is 3.60. The zero-order valence-corrected chi connectivity index (χ0v) is 16.8. The van der Waals surface area contributed by atoms with E-state index in [1.165, 1.54) is 18.3 Å². The van der Waals surface area contributed by atoms with Gasteiger partial charge in [-0.3, -0.25) is 9.78 Å². The van der Waals surface area contributed by atoms with Crippen LogP contribution in [-0.2, 0) is 0 Å². The molecule has 2 aromatic rings. The maximum absolute atomic E-state index is 12.6. The first-order chi connectivity index (χ1) is 13.4. The summed E-state index contributed by atoms with van der Waals surface area (Å²) in [5, 5.41) is 13.3. The van der Waals surface area contributed by atoms with Gasteiger partial charge in [0.2, 0.25) is 0 Å². The van der Waals surface area contributed by atoms with Crippen LogP contribution in [0.5, 0.6) is 5.75 Å². The van der Waals surface area contributed by atoms with Crippen LogP contribution < -0.4 is 10.1 Å². The molecule has 1 fully saturated rings. The monoisotopic (exact) mass is 430 g/mol. The number of aliphatic hydroxyl groups is 1. The van der Waals surface area contributed by atoms with Gasteiger partial charge in [-0.15, -0.1) is 13.2 Å². The smallest absolute Gasteiger partial charge is 0.404 e. The summed E-state index contributed by atoms with van der Waals surface area (Å²) >= 11 is 5.87. The third-order valence-corrected chi connectivity index (χ3v) is 5.58. The lowest BCUT2D eigenvalue weighted by molar-refractivity contribution is -0.274. The standard InChI is InChI=1S/C20H22ClF3N2O3/c1-19(2,28)13-3-5-14(6-4-13)26-18(27)12-7-11-8-15(21)17(29-20(22,23)24)9-16(11)25-10-12/h7-10,13-14,28H,3-6H2,1-2H3,(H,26,27). The third kappa shape index (κ3) is 5.51. The van der Waals surface area contributed by atoms with Crippen molar-refractivity contribution in [2.45, 2.75) is 57.5 Å². The summed E-state index contributed by atoms with van der Waals surface area (Å²) in [6, 6.07) is 3.91. The molecule has 1 aliphatic carbocycles. The first-order valence-electron chi connectivity index (χ1n) is 9.30. The summed E-state index contributed by atoms with van der Waals surface area (Å²) in [7, 11) is 0. The second kappa shape index (κ2) is 7.99. The summed E-state index contributed by atoms with van der Waals surface area (Å²) in [5.41, 5.74) is -0.205. The number of carbonyl (C=O) groups is 1. The van der Waals surface area contributed by atoms with Crippen LogP contribution in [0.1, 0.15) is 49.9 Å². The van der Waals surface area contributed by atoms with E-state index in [1.807, 2.05) is 0 Å². The van der Waals surface area contributed by atoms with Crippen LogP contribution in [0.2, 0.25) is 5.02 Å². The van der Waals surface area contributed by atoms with Crippen LogP contribution >= 0.6 is 11.6 Å². The first-order valence-corrected chi connectivity index (χ1v) is 9.68. The largest absolute Gasteiger partial charge is 0.573 e. The number of hydrogen-bond acceptors (Lipinski definition) is 4. The maximum Gasteiger partial charge on any atom is 0.573 e. The second-order valence-electron chi connectivity index (χ2n) is 7.92. The van der Waals surface area contributed by atoms with Gasteiger partial charge in [0, 0.05) is 23.7 Å². The van der Waals surface area contributed by atoms with Crippen LogP contribution in [0, 0.1) is 5.92 Å². The van der Waals surface area contributed by atoms with Crippen molar-refractivity contribution in [1.29, 1.82) is 0 Å². The van der Waals surface area contributed by atoms with Gasteiger partial charge in [-0.25, -0.2) is 0 Å². The molecule has 1 aliphatic rings. The molecule has 1 aromatic carbocycles. The quantitative estimate of drug-likeness (QED) is 0.727. The number of benzene rings is 1. The lowest BCUT2D eigenvalue weighted by Crippen LogP contribution is -2.41. The number of amides is 1. The van der Waals surface area contributed by atoms with Gasteiger partial charge < -0.3 is 15.2 Å². The zero-order chi connectivity index (χ0) is 21.4. The first kappa shape index (κ1) is 21.6. The molecule has 29 heavy (non-hydrogen) atoms. The molecule has 0 atom stereocenters. The normalized spacial score (nSPS) is 20.5. The van der Waals surface area contributed by atoms with Crippen molar-refractivity contribution in [1.82, 2.24) is 10.3 Å². The fourth-order valence-corrected chi connectivity index (χ4v) is 3.88. The van der Waals surface area contributed by atoms with Crippen molar-refractivity contribution < 1.29 is 27.8 Å². The second-order valence-corrected chi connectivity index (χ2v) is 8.33. The Hall–Kier alpha value is -2.06. The molecule has 3 rings (SSSR count). The highest BCUT2D eigenvalue weighted by Crippen LogP contribution is 2.34. The highest BCUT2D eigenvalue weighted by molar-refractivity contribution is 6.32. The molecule has 0 saturated heterocycles. The van der Waals surface area contributed by atoms with Gasteiger partial charge in [-0.1, -0.05) is 11.6 Å². The van der Waals surface area contributed by atoms with Crippen LogP contribution in [-0.4, -0.2) is 34.0 Å². The molecule has 0 spiro atoms. The van der Waals surface area contributed by atoms with Crippen LogP contribution in [0.4, 0.5) is 13.2 Å². The van der Waals surface area contributed by atoms with Gasteiger partial charge >= 0.3 is 6.36 Å². The molecular formula is C20H22ClF3N2O3. The number of fused-ring (bicyclic) bond motifs is 1. The number of nitrogens with one attached hydrogen (secondary N) is 1. The number of halogens is 4. The average Bonchev–Trinajstić information content (AvgIpc) is 2.60. The number of aromatic nitrogens is 1. The van der Waals surface area contributed by atoms with E-state index in [-0.39, 0.29) is 28.4 Å². The molecule has 5 nitrogen and oxygen atoms in total. The molecule has 1 heterocycles. The molecular weight excluding hydrogens is 409 g/mol. The molecule has 0 bridgehead atoms. The number of nitrogens with zero attached hydrogens (tertiary/aromatic N) is 1. The fraction of sp³-hybridized carbons (Fsp3) is 0.500. The van der Waals surface area contributed by atoms with E-state index in [2.05, 4.69) is 15.0 Å². The average molecular weight is 431 g/mol. The van der Waals surface area contributed by atoms with E-state index in [0.29, 0.717) is 10.9 Å². The minimum absolute atomic E-state index is 0.00273. The van der Waals surface area contributed by atoms with Crippen molar-refractivity contribution in [2.75, 3.05) is 0 Å². The van der Waals surface area contributed by atoms with E-state index >= 15 is 0 Å². The summed E-state index contributed by atoms with van der Waals surface area (Å²) in [4.78, 5) is 16.6. The number of pyridine rings is 1. The van der Waals surface area contributed by atoms with E-state index in [1.54, 1.807) is 13.8 Å². The molecule has 0 radical (unpaired) electrons. The van der Waals surface area contributed by atoms with Crippen molar-refractivity contribution in [3.05, 3.63) is 35.0 Å². The van der Waals surface area contributed by atoms with Crippen molar-refractivity contribution in [3.8, 4) is 5.75 Å². The van der Waals surface area contributed by atoms with Crippen LogP contribution in [0.3, 0.4) is 0 Å². The Morgan fingerprint density at radius 1 is 1.21 bits per heavy atom. The summed E-state index contributed by atoms with van der Waals surface area (Å²) in [6.07, 6.45) is -0.368. The Bertz CT molecular complexity index is 904. The molecule has 0 aliphatic heterocycles. The van der Waals surface area contributed by atoms with Crippen LogP contribution in [0.25, 0.3) is 10.9 Å². The predicted molar refractivity (Wildman–Crippen MR) is 103 cm³/mol. The van der Waals surface area contributed by atoms with Gasteiger partial charge in [0.05, 0.1) is 21.7 Å². The minimum atomic E-state index is -4.86. The Balaban J connectivity index is 1.70. The number of carbonyl (C=O) groups excluding carboxylic acids is 1. The van der Waals surface area contributed by atoms with Crippen molar-refractivity contribution in [3.63, 3.8) is 0 Å². The van der Waals surface area contributed by atoms with Gasteiger partial charge in [0.1, 0.15) is 5.75 Å². The van der Waals surface area contributed by atoms with Crippen molar-refractivity contribution in [2.24, 2.45) is 5.92 Å². The third-order valence-electron chi connectivity index (χ3n) is 5.28. The Labute approximate surface area is 171 Å². The molecule has 2 N–H and O–H groups in total. The molecule has 1 amide bonds. The summed E-state index contributed by atoms with van der Waals surface area (Å²) < 4.78 is 41.2. The van der Waals surface area contributed by atoms with Crippen molar-refractivity contribution >= 4 is 28.4 Å². The Morgan fingerprint density at radius 2 is 1.86 bits per heavy atom. The lowest BCUT2D eigenvalue weighted by atomic mass is 9.77. The number of hydrogen-bond donors (Lipinski definition) is 2. The molecule has 1 saturated carbocycles. The van der Waals surface area contributed by atoms with E-state index in [9.17, 15) is 23.1 Å². The highest BCUT2D eigenvalue weighted by atomic mass is 35.5. The highest BCUT2D eigenvalue weighted by Gasteiger charge is 2.33. The maximum atomic E-state index is 12.6. The Morgan fingerprint density at radius 3 is 2.45 bits per heavy atom. The number of ether oxygens (including phenoxy) is 1. The molecule has 0 unspecified atom stereocenters. The molecule has 1 aromatic heterocycles. The SMILES string of the molecule is CC(C)(O)C1CCC(NC(=O)c2cnc3cc(OC(F)(F)F)c(Cl)cc3c2)CC1. The number of alkyl halides is 3. The van der Waals surface area contributed by atoms with Gasteiger partial charge in [0.15, 0.2) is 0 Å². The fourth-order valence-electron chi connectivity index (χ4n) is 3.67. The Kier molecular flexibility index (Phi) is 5.96. The van der Waals surface area contributed by atoms with Crippen LogP contribution in [0.15, 0.2) is 24.4 Å². The van der Waals surface area contributed by atoms with Gasteiger partial charge in [-0.2, -0.15) is 0 Å².